The standard InChI is InChI=1S/C25H44O8/c1-6-17(7-9-24(3,4)26)22-29-14-19(31-22)12-27-16(2)28-13-20-15-30-23(32-20)18-8-10-25(5)21(11-18)33-25/h16-23,26H,6-15H2,1-5H3. The van der Waals surface area contributed by atoms with Gasteiger partial charge in [0.25, 0.3) is 0 Å². The quantitative estimate of drug-likeness (QED) is 0.342. The Bertz CT molecular complexity index is 624. The zero-order valence-electron chi connectivity index (χ0n) is 21.0. The first-order valence-corrected chi connectivity index (χ1v) is 12.8. The summed E-state index contributed by atoms with van der Waals surface area (Å²) in [6, 6.07) is 0. The molecule has 192 valence electrons. The smallest absolute Gasteiger partial charge is 0.161 e. The van der Waals surface area contributed by atoms with Gasteiger partial charge in [0.1, 0.15) is 12.2 Å². The van der Waals surface area contributed by atoms with Crippen LogP contribution in [0.5, 0.6) is 0 Å². The largest absolute Gasteiger partial charge is 0.390 e. The molecular formula is C25H44O8. The first kappa shape index (κ1) is 25.8. The molecule has 4 aliphatic rings. The average Bonchev–Trinajstić information content (AvgIpc) is 3.11. The van der Waals surface area contributed by atoms with Crippen LogP contribution in [0.15, 0.2) is 0 Å². The molecule has 9 atom stereocenters. The van der Waals surface area contributed by atoms with Crippen LogP contribution < -0.4 is 0 Å². The fourth-order valence-electron chi connectivity index (χ4n) is 5.14. The molecule has 0 radical (unpaired) electrons. The van der Waals surface area contributed by atoms with Crippen LogP contribution in [0.25, 0.3) is 0 Å². The molecule has 1 aliphatic carbocycles. The van der Waals surface area contributed by atoms with Crippen LogP contribution in [0.4, 0.5) is 0 Å². The van der Waals surface area contributed by atoms with Crippen molar-refractivity contribution in [1.82, 2.24) is 0 Å². The molecule has 4 rings (SSSR count). The summed E-state index contributed by atoms with van der Waals surface area (Å²) in [6.07, 6.45) is 5.22. The second-order valence-electron chi connectivity index (χ2n) is 11.1. The van der Waals surface area contributed by atoms with Gasteiger partial charge in [-0.2, -0.15) is 0 Å². The summed E-state index contributed by atoms with van der Waals surface area (Å²) >= 11 is 0. The van der Waals surface area contributed by atoms with E-state index in [0.29, 0.717) is 38.4 Å². The van der Waals surface area contributed by atoms with Gasteiger partial charge < -0.3 is 38.3 Å². The van der Waals surface area contributed by atoms with E-state index < -0.39 is 5.60 Å². The average molecular weight is 473 g/mol. The van der Waals surface area contributed by atoms with E-state index >= 15 is 0 Å². The van der Waals surface area contributed by atoms with Crippen molar-refractivity contribution in [3.63, 3.8) is 0 Å². The Morgan fingerprint density at radius 1 is 1.09 bits per heavy atom. The highest BCUT2D eigenvalue weighted by atomic mass is 16.8. The highest BCUT2D eigenvalue weighted by Gasteiger charge is 2.56. The van der Waals surface area contributed by atoms with Crippen LogP contribution in [0.1, 0.15) is 73.1 Å². The highest BCUT2D eigenvalue weighted by Crippen LogP contribution is 2.50. The van der Waals surface area contributed by atoms with Gasteiger partial charge in [0.05, 0.1) is 43.7 Å². The van der Waals surface area contributed by atoms with Crippen molar-refractivity contribution in [2.24, 2.45) is 11.8 Å². The topological polar surface area (TPSA) is 88.1 Å². The Morgan fingerprint density at radius 2 is 1.79 bits per heavy atom. The van der Waals surface area contributed by atoms with Crippen LogP contribution >= 0.6 is 0 Å². The maximum atomic E-state index is 10.00. The predicted molar refractivity (Wildman–Crippen MR) is 121 cm³/mol. The molecule has 0 amide bonds. The van der Waals surface area contributed by atoms with E-state index in [-0.39, 0.29) is 42.6 Å². The Morgan fingerprint density at radius 3 is 2.45 bits per heavy atom. The zero-order chi connectivity index (χ0) is 23.6. The Labute approximate surface area is 198 Å². The third kappa shape index (κ3) is 7.10. The molecule has 0 bridgehead atoms. The van der Waals surface area contributed by atoms with Crippen LogP contribution in [-0.2, 0) is 33.2 Å². The fraction of sp³-hybridized carbons (Fsp3) is 1.00. The van der Waals surface area contributed by atoms with Gasteiger partial charge >= 0.3 is 0 Å². The second kappa shape index (κ2) is 10.7. The van der Waals surface area contributed by atoms with E-state index in [4.69, 9.17) is 33.2 Å². The van der Waals surface area contributed by atoms with Crippen molar-refractivity contribution in [2.45, 2.75) is 122 Å². The maximum Gasteiger partial charge on any atom is 0.161 e. The van der Waals surface area contributed by atoms with E-state index in [1.807, 2.05) is 20.8 Å². The van der Waals surface area contributed by atoms with Gasteiger partial charge in [0.2, 0.25) is 0 Å². The fourth-order valence-corrected chi connectivity index (χ4v) is 5.14. The highest BCUT2D eigenvalue weighted by molar-refractivity contribution is 5.04. The van der Waals surface area contributed by atoms with Gasteiger partial charge in [0, 0.05) is 11.8 Å². The molecule has 3 saturated heterocycles. The molecule has 0 spiro atoms. The van der Waals surface area contributed by atoms with Crippen molar-refractivity contribution in [3.8, 4) is 0 Å². The van der Waals surface area contributed by atoms with Crippen molar-refractivity contribution < 1.29 is 38.3 Å². The number of aliphatic hydroxyl groups is 1. The van der Waals surface area contributed by atoms with Gasteiger partial charge in [-0.3, -0.25) is 0 Å². The number of ether oxygens (including phenoxy) is 7. The predicted octanol–water partition coefficient (Wildman–Crippen LogP) is 3.38. The lowest BCUT2D eigenvalue weighted by molar-refractivity contribution is -0.175. The lowest BCUT2D eigenvalue weighted by Gasteiger charge is -2.26. The normalized spacial score (nSPS) is 40.5. The third-order valence-electron chi connectivity index (χ3n) is 7.56. The number of hydrogen-bond donors (Lipinski definition) is 1. The third-order valence-corrected chi connectivity index (χ3v) is 7.56. The van der Waals surface area contributed by atoms with Crippen molar-refractivity contribution in [1.29, 1.82) is 0 Å². The van der Waals surface area contributed by atoms with E-state index in [9.17, 15) is 5.11 Å². The zero-order valence-corrected chi connectivity index (χ0v) is 21.0. The van der Waals surface area contributed by atoms with Crippen LogP contribution in [0, 0.1) is 11.8 Å². The van der Waals surface area contributed by atoms with E-state index in [2.05, 4.69) is 13.8 Å². The minimum Gasteiger partial charge on any atom is -0.390 e. The molecule has 4 fully saturated rings. The monoisotopic (exact) mass is 472 g/mol. The minimum absolute atomic E-state index is 0.0639. The molecule has 0 aromatic rings. The Kier molecular flexibility index (Phi) is 8.39. The molecule has 33 heavy (non-hydrogen) atoms. The molecule has 1 N–H and O–H groups in total. The number of epoxide rings is 1. The molecule has 9 unspecified atom stereocenters. The molecule has 0 aromatic heterocycles. The molecule has 0 aromatic carbocycles. The summed E-state index contributed by atoms with van der Waals surface area (Å²) in [4.78, 5) is 0. The van der Waals surface area contributed by atoms with Gasteiger partial charge in [0.15, 0.2) is 18.9 Å². The number of rotatable bonds is 12. The van der Waals surface area contributed by atoms with Gasteiger partial charge in [-0.25, -0.2) is 0 Å². The maximum absolute atomic E-state index is 10.00. The van der Waals surface area contributed by atoms with Gasteiger partial charge in [-0.05, 0) is 66.2 Å². The van der Waals surface area contributed by atoms with E-state index in [1.165, 1.54) is 0 Å². The summed E-state index contributed by atoms with van der Waals surface area (Å²) < 4.78 is 41.5. The summed E-state index contributed by atoms with van der Waals surface area (Å²) in [5.74, 6) is 0.680. The summed E-state index contributed by atoms with van der Waals surface area (Å²) in [7, 11) is 0. The number of fused-ring (bicyclic) bond motifs is 1. The van der Waals surface area contributed by atoms with Crippen molar-refractivity contribution >= 4 is 0 Å². The lowest BCUT2D eigenvalue weighted by atomic mass is 9.82. The Hall–Kier alpha value is -0.320. The first-order valence-electron chi connectivity index (χ1n) is 12.8. The molecule has 8 heteroatoms. The van der Waals surface area contributed by atoms with Gasteiger partial charge in [-0.15, -0.1) is 0 Å². The molecular weight excluding hydrogens is 428 g/mol. The van der Waals surface area contributed by atoms with E-state index in [0.717, 1.165) is 38.5 Å². The van der Waals surface area contributed by atoms with Crippen molar-refractivity contribution in [2.75, 3.05) is 26.4 Å². The molecule has 1 saturated carbocycles. The Balaban J connectivity index is 1.09. The summed E-state index contributed by atoms with van der Waals surface area (Å²) in [6.45, 7) is 11.8. The summed E-state index contributed by atoms with van der Waals surface area (Å²) in [5.41, 5.74) is -0.550. The molecule has 8 nitrogen and oxygen atoms in total. The first-order chi connectivity index (χ1) is 15.6. The second-order valence-corrected chi connectivity index (χ2v) is 11.1. The SMILES string of the molecule is CCC(CCC(C)(C)O)C1OCC(COC(C)OCC2COC(C3CCC4(C)OC4C3)O2)O1. The van der Waals surface area contributed by atoms with E-state index in [1.54, 1.807) is 0 Å². The van der Waals surface area contributed by atoms with Crippen LogP contribution in [0.2, 0.25) is 0 Å². The van der Waals surface area contributed by atoms with Crippen LogP contribution in [0.3, 0.4) is 0 Å². The van der Waals surface area contributed by atoms with Gasteiger partial charge in [-0.1, -0.05) is 6.92 Å². The number of hydrogen-bond acceptors (Lipinski definition) is 8. The summed E-state index contributed by atoms with van der Waals surface area (Å²) in [5, 5.41) is 10.00. The van der Waals surface area contributed by atoms with Crippen LogP contribution in [-0.4, -0.2) is 79.9 Å². The lowest BCUT2D eigenvalue weighted by Crippen LogP contribution is -2.31. The minimum atomic E-state index is -0.668. The molecule has 3 aliphatic heterocycles. The molecule has 3 heterocycles. The van der Waals surface area contributed by atoms with Crippen molar-refractivity contribution in [3.05, 3.63) is 0 Å².